The highest BCUT2D eigenvalue weighted by atomic mass is 16.2. The van der Waals surface area contributed by atoms with Gasteiger partial charge in [-0.2, -0.15) is 0 Å². The van der Waals surface area contributed by atoms with E-state index >= 15 is 0 Å². The minimum atomic E-state index is -0.212. The molecule has 0 N–H and O–H groups in total. The van der Waals surface area contributed by atoms with E-state index in [9.17, 15) is 14.4 Å². The predicted molar refractivity (Wildman–Crippen MR) is 98.6 cm³/mol. The van der Waals surface area contributed by atoms with Gasteiger partial charge < -0.3 is 4.90 Å². The summed E-state index contributed by atoms with van der Waals surface area (Å²) in [6.45, 7) is 0.759. The molecule has 2 heterocycles. The van der Waals surface area contributed by atoms with Gasteiger partial charge in [-0.1, -0.05) is 45.2 Å². The number of rotatable bonds is 0. The summed E-state index contributed by atoms with van der Waals surface area (Å²) >= 11 is 0. The van der Waals surface area contributed by atoms with Gasteiger partial charge >= 0.3 is 0 Å². The average molecular weight is 340 g/mol. The fourth-order valence-corrected chi connectivity index (χ4v) is 2.71. The Morgan fingerprint density at radius 1 is 0.680 bits per heavy atom. The van der Waals surface area contributed by atoms with Crippen molar-refractivity contribution in [2.24, 2.45) is 0 Å². The molecule has 0 saturated carbocycles. The highest BCUT2D eigenvalue weighted by Gasteiger charge is 2.31. The molecule has 4 rings (SSSR count). The summed E-state index contributed by atoms with van der Waals surface area (Å²) in [5, 5.41) is 0. The fourth-order valence-electron chi connectivity index (χ4n) is 2.71. The molecule has 25 heavy (non-hydrogen) atoms. The number of carbonyl (C=O) groups is 3. The Balaban J connectivity index is 0.000000232. The number of carbonyl (C=O) groups excluding carboxylic acids is 3. The van der Waals surface area contributed by atoms with Gasteiger partial charge in [-0.25, -0.2) is 0 Å². The molecule has 3 amide bonds. The van der Waals surface area contributed by atoms with Gasteiger partial charge in [0.2, 0.25) is 0 Å². The quantitative estimate of drug-likeness (QED) is 0.690. The summed E-state index contributed by atoms with van der Waals surface area (Å²) in [6, 6.07) is 14.6. The van der Waals surface area contributed by atoms with Crippen LogP contribution in [0.5, 0.6) is 0 Å². The summed E-state index contributed by atoms with van der Waals surface area (Å²) in [5.74, 6) is -0.285. The monoisotopic (exact) mass is 340 g/mol. The van der Waals surface area contributed by atoms with Crippen LogP contribution >= 0.6 is 0 Å². The van der Waals surface area contributed by atoms with Crippen molar-refractivity contribution in [3.63, 3.8) is 0 Å². The van der Waals surface area contributed by atoms with Gasteiger partial charge in [0.05, 0.1) is 11.1 Å². The Kier molecular flexibility index (Phi) is 6.23. The topological polar surface area (TPSA) is 57.7 Å². The molecule has 5 nitrogen and oxygen atoms in total. The van der Waals surface area contributed by atoms with E-state index in [1.54, 1.807) is 29.2 Å². The van der Waals surface area contributed by atoms with E-state index in [1.807, 2.05) is 31.3 Å². The van der Waals surface area contributed by atoms with Gasteiger partial charge in [0.25, 0.3) is 17.7 Å². The largest absolute Gasteiger partial charge is 0.337 e. The molecule has 0 unspecified atom stereocenters. The molecule has 132 valence electrons. The third-order valence-corrected chi connectivity index (χ3v) is 4.00. The standard InChI is InChI=1S/C9H7NO2.C9H9NO.2CH4/c1-10-8(11)6-4-2-3-5-7(6)9(10)12;1-10-6-7-4-2-3-5-8(7)9(10)11;;/h2-5H,1H3;2-5H,6H2,1H3;2*1H4. The highest BCUT2D eigenvalue weighted by molar-refractivity contribution is 6.21. The lowest BCUT2D eigenvalue weighted by atomic mass is 10.1. The van der Waals surface area contributed by atoms with E-state index in [2.05, 4.69) is 0 Å². The van der Waals surface area contributed by atoms with Crippen LogP contribution in [0.2, 0.25) is 0 Å². The Morgan fingerprint density at radius 3 is 1.60 bits per heavy atom. The summed E-state index contributed by atoms with van der Waals surface area (Å²) in [7, 11) is 3.31. The Labute approximate surface area is 148 Å². The molecule has 0 spiro atoms. The molecule has 0 bridgehead atoms. The lowest BCUT2D eigenvalue weighted by Crippen LogP contribution is -2.24. The first kappa shape index (κ1) is 20.1. The van der Waals surface area contributed by atoms with Crippen molar-refractivity contribution in [1.29, 1.82) is 0 Å². The van der Waals surface area contributed by atoms with E-state index in [1.165, 1.54) is 7.05 Å². The molecular weight excluding hydrogens is 316 g/mol. The van der Waals surface area contributed by atoms with Gasteiger partial charge in [-0.3, -0.25) is 19.3 Å². The minimum absolute atomic E-state index is 0. The van der Waals surface area contributed by atoms with Crippen LogP contribution in [0.25, 0.3) is 0 Å². The molecule has 0 atom stereocenters. The van der Waals surface area contributed by atoms with E-state index in [-0.39, 0.29) is 32.6 Å². The van der Waals surface area contributed by atoms with Crippen LogP contribution in [-0.2, 0) is 6.54 Å². The SMILES string of the molecule is C.C.CN1C(=O)c2ccccc2C1=O.CN1Cc2ccccc2C1=O. The zero-order valence-corrected chi connectivity index (χ0v) is 12.9. The maximum atomic E-state index is 11.3. The summed E-state index contributed by atoms with van der Waals surface area (Å²) in [5.41, 5.74) is 3.00. The second-order valence-corrected chi connectivity index (χ2v) is 5.53. The van der Waals surface area contributed by atoms with Crippen molar-refractivity contribution in [3.05, 3.63) is 70.8 Å². The van der Waals surface area contributed by atoms with Gasteiger partial charge in [-0.15, -0.1) is 0 Å². The van der Waals surface area contributed by atoms with E-state index in [0.717, 1.165) is 22.6 Å². The first-order chi connectivity index (χ1) is 11.0. The normalized spacial score (nSPS) is 14.1. The molecule has 2 aromatic rings. The van der Waals surface area contributed by atoms with E-state index in [0.29, 0.717) is 11.1 Å². The first-order valence-corrected chi connectivity index (χ1v) is 7.25. The minimum Gasteiger partial charge on any atom is -0.337 e. The zero-order valence-electron chi connectivity index (χ0n) is 12.9. The van der Waals surface area contributed by atoms with E-state index in [4.69, 9.17) is 0 Å². The third kappa shape index (κ3) is 3.45. The molecule has 2 aliphatic heterocycles. The second-order valence-electron chi connectivity index (χ2n) is 5.53. The number of hydrogen-bond acceptors (Lipinski definition) is 3. The van der Waals surface area contributed by atoms with Crippen molar-refractivity contribution in [1.82, 2.24) is 9.80 Å². The highest BCUT2D eigenvalue weighted by Crippen LogP contribution is 2.20. The number of imide groups is 1. The maximum Gasteiger partial charge on any atom is 0.261 e. The number of hydrogen-bond donors (Lipinski definition) is 0. The van der Waals surface area contributed by atoms with E-state index < -0.39 is 0 Å². The Bertz CT molecular complexity index is 779. The smallest absolute Gasteiger partial charge is 0.261 e. The molecule has 0 aliphatic carbocycles. The van der Waals surface area contributed by atoms with Crippen molar-refractivity contribution in [2.75, 3.05) is 14.1 Å². The van der Waals surface area contributed by atoms with Crippen molar-refractivity contribution < 1.29 is 14.4 Å². The van der Waals surface area contributed by atoms with Crippen LogP contribution in [0.15, 0.2) is 48.5 Å². The van der Waals surface area contributed by atoms with Crippen molar-refractivity contribution >= 4 is 17.7 Å². The predicted octanol–water partition coefficient (Wildman–Crippen LogP) is 3.46. The molecule has 2 aliphatic rings. The van der Waals surface area contributed by atoms with Crippen LogP contribution in [0.4, 0.5) is 0 Å². The van der Waals surface area contributed by atoms with Gasteiger partial charge in [0, 0.05) is 26.2 Å². The first-order valence-electron chi connectivity index (χ1n) is 7.25. The maximum absolute atomic E-state index is 11.3. The summed E-state index contributed by atoms with van der Waals surface area (Å²) < 4.78 is 0. The molecule has 5 heteroatoms. The summed E-state index contributed by atoms with van der Waals surface area (Å²) in [6.07, 6.45) is 0. The molecule has 2 aromatic carbocycles. The second kappa shape index (κ2) is 7.75. The Hall–Kier alpha value is -2.95. The van der Waals surface area contributed by atoms with Crippen molar-refractivity contribution in [2.45, 2.75) is 21.4 Å². The molecular formula is C20H24N2O3. The van der Waals surface area contributed by atoms with Crippen molar-refractivity contribution in [3.8, 4) is 0 Å². The van der Waals surface area contributed by atoms with Crippen LogP contribution in [-0.4, -0.2) is 41.6 Å². The number of amides is 3. The van der Waals surface area contributed by atoms with Gasteiger partial charge in [-0.05, 0) is 23.8 Å². The lowest BCUT2D eigenvalue weighted by molar-refractivity contribution is 0.0692. The zero-order chi connectivity index (χ0) is 16.6. The number of fused-ring (bicyclic) bond motifs is 2. The van der Waals surface area contributed by atoms with Crippen LogP contribution in [0.3, 0.4) is 0 Å². The van der Waals surface area contributed by atoms with Gasteiger partial charge in [0.1, 0.15) is 0 Å². The van der Waals surface area contributed by atoms with Crippen LogP contribution in [0, 0.1) is 0 Å². The average Bonchev–Trinajstić information content (AvgIpc) is 2.99. The third-order valence-electron chi connectivity index (χ3n) is 4.00. The molecule has 0 aromatic heterocycles. The van der Waals surface area contributed by atoms with Crippen LogP contribution < -0.4 is 0 Å². The fraction of sp³-hybridized carbons (Fsp3) is 0.250. The molecule has 0 radical (unpaired) electrons. The Morgan fingerprint density at radius 2 is 1.12 bits per heavy atom. The lowest BCUT2D eigenvalue weighted by Gasteiger charge is -2.04. The van der Waals surface area contributed by atoms with Crippen LogP contribution in [0.1, 0.15) is 51.5 Å². The number of nitrogens with zero attached hydrogens (tertiary/aromatic N) is 2. The molecule has 0 fully saturated rings. The molecule has 0 saturated heterocycles. The van der Waals surface area contributed by atoms with Gasteiger partial charge in [0.15, 0.2) is 0 Å². The number of benzene rings is 2. The summed E-state index contributed by atoms with van der Waals surface area (Å²) in [4.78, 5) is 36.8.